The van der Waals surface area contributed by atoms with Crippen LogP contribution in [0.5, 0.6) is 5.75 Å². The quantitative estimate of drug-likeness (QED) is 0.845. The van der Waals surface area contributed by atoms with Crippen molar-refractivity contribution in [3.63, 3.8) is 0 Å². The summed E-state index contributed by atoms with van der Waals surface area (Å²) in [6, 6.07) is 5.66. The van der Waals surface area contributed by atoms with Gasteiger partial charge in [-0.15, -0.1) is 0 Å². The molecule has 0 aromatic heterocycles. The topological polar surface area (TPSA) is 67.6 Å². The molecule has 22 heavy (non-hydrogen) atoms. The number of carbonyl (C=O) groups is 1. The summed E-state index contributed by atoms with van der Waals surface area (Å²) in [5, 5.41) is 2.82. The highest BCUT2D eigenvalue weighted by Gasteiger charge is 2.21. The molecule has 1 aliphatic heterocycles. The number of rotatable bonds is 6. The Morgan fingerprint density at radius 1 is 1.36 bits per heavy atom. The lowest BCUT2D eigenvalue weighted by molar-refractivity contribution is -0.120. The second kappa shape index (κ2) is 7.11. The first kappa shape index (κ1) is 16.8. The van der Waals surface area contributed by atoms with Crippen LogP contribution < -0.4 is 15.8 Å². The fraction of sp³-hybridized carbons (Fsp3) is 0.588. The minimum atomic E-state index is -0.890. The van der Waals surface area contributed by atoms with E-state index in [9.17, 15) is 4.79 Å². The molecule has 1 aliphatic rings. The van der Waals surface area contributed by atoms with Crippen molar-refractivity contribution in [1.29, 1.82) is 0 Å². The van der Waals surface area contributed by atoms with Crippen LogP contribution in [0.4, 0.5) is 5.69 Å². The number of aryl methyl sites for hydroxylation is 1. The van der Waals surface area contributed by atoms with Gasteiger partial charge in [-0.3, -0.25) is 9.69 Å². The number of ether oxygens (including phenoxy) is 1. The van der Waals surface area contributed by atoms with Gasteiger partial charge < -0.3 is 15.8 Å². The summed E-state index contributed by atoms with van der Waals surface area (Å²) >= 11 is 0. The molecule has 3 N–H and O–H groups in total. The van der Waals surface area contributed by atoms with Gasteiger partial charge in [0.2, 0.25) is 5.91 Å². The van der Waals surface area contributed by atoms with Crippen molar-refractivity contribution in [1.82, 2.24) is 4.90 Å². The van der Waals surface area contributed by atoms with Crippen LogP contribution in [0.1, 0.15) is 32.3 Å². The molecule has 0 radical (unpaired) electrons. The number of nitrogens with zero attached hydrogens (tertiary/aromatic N) is 1. The SMILES string of the molecule is Cc1cc(NC(=O)C(C)(C)N)ccc1OCCN1CCCC1. The maximum atomic E-state index is 11.9. The first-order valence-electron chi connectivity index (χ1n) is 7.92. The number of nitrogens with two attached hydrogens (primary N) is 1. The van der Waals surface area contributed by atoms with E-state index in [0.717, 1.165) is 23.5 Å². The van der Waals surface area contributed by atoms with Crippen molar-refractivity contribution in [3.8, 4) is 5.75 Å². The van der Waals surface area contributed by atoms with Crippen LogP contribution in [0, 0.1) is 6.92 Å². The van der Waals surface area contributed by atoms with Crippen molar-refractivity contribution in [3.05, 3.63) is 23.8 Å². The Labute approximate surface area is 132 Å². The molecule has 0 aliphatic carbocycles. The lowest BCUT2D eigenvalue weighted by Crippen LogP contribution is -2.45. The first-order valence-corrected chi connectivity index (χ1v) is 7.92. The Morgan fingerprint density at radius 2 is 2.05 bits per heavy atom. The lowest BCUT2D eigenvalue weighted by Gasteiger charge is -2.19. The summed E-state index contributed by atoms with van der Waals surface area (Å²) in [5.41, 5.74) is 6.64. The molecule has 1 heterocycles. The maximum absolute atomic E-state index is 11.9. The maximum Gasteiger partial charge on any atom is 0.243 e. The largest absolute Gasteiger partial charge is 0.492 e. The zero-order chi connectivity index (χ0) is 16.2. The Balaban J connectivity index is 1.87. The first-order chi connectivity index (χ1) is 10.4. The fourth-order valence-electron chi connectivity index (χ4n) is 2.47. The highest BCUT2D eigenvalue weighted by molar-refractivity contribution is 5.97. The zero-order valence-electron chi connectivity index (χ0n) is 13.8. The monoisotopic (exact) mass is 305 g/mol. The molecule has 122 valence electrons. The Bertz CT molecular complexity index is 517. The molecule has 1 aromatic carbocycles. The molecule has 0 bridgehead atoms. The Kier molecular flexibility index (Phi) is 5.42. The molecule has 0 atom stereocenters. The molecule has 1 amide bonds. The van der Waals surface area contributed by atoms with Crippen molar-refractivity contribution in [2.75, 3.05) is 31.6 Å². The standard InChI is InChI=1S/C17H27N3O2/c1-13-12-14(19-16(21)17(2,3)18)6-7-15(13)22-11-10-20-8-4-5-9-20/h6-7,12H,4-5,8-11,18H2,1-3H3,(H,19,21). The van der Waals surface area contributed by atoms with Crippen molar-refractivity contribution in [2.45, 2.75) is 39.2 Å². The van der Waals surface area contributed by atoms with Gasteiger partial charge in [0.15, 0.2) is 0 Å². The summed E-state index contributed by atoms with van der Waals surface area (Å²) in [6.07, 6.45) is 2.59. The molecular weight excluding hydrogens is 278 g/mol. The number of hydrogen-bond donors (Lipinski definition) is 2. The van der Waals surface area contributed by atoms with E-state index in [1.54, 1.807) is 13.8 Å². The second-order valence-corrected chi connectivity index (χ2v) is 6.55. The number of carbonyl (C=O) groups excluding carboxylic acids is 1. The smallest absolute Gasteiger partial charge is 0.243 e. The second-order valence-electron chi connectivity index (χ2n) is 6.55. The third-order valence-electron chi connectivity index (χ3n) is 3.88. The normalized spacial score (nSPS) is 15.8. The predicted molar refractivity (Wildman–Crippen MR) is 89.2 cm³/mol. The van der Waals surface area contributed by atoms with Crippen LogP contribution in [-0.2, 0) is 4.79 Å². The molecule has 5 nitrogen and oxygen atoms in total. The van der Waals surface area contributed by atoms with E-state index in [4.69, 9.17) is 10.5 Å². The van der Waals surface area contributed by atoms with Crippen LogP contribution in [-0.4, -0.2) is 42.6 Å². The van der Waals surface area contributed by atoms with E-state index >= 15 is 0 Å². The van der Waals surface area contributed by atoms with E-state index in [2.05, 4.69) is 10.2 Å². The van der Waals surface area contributed by atoms with Crippen LogP contribution in [0.3, 0.4) is 0 Å². The van der Waals surface area contributed by atoms with Gasteiger partial charge in [0.05, 0.1) is 5.54 Å². The van der Waals surface area contributed by atoms with Crippen LogP contribution in [0.15, 0.2) is 18.2 Å². The highest BCUT2D eigenvalue weighted by atomic mass is 16.5. The number of hydrogen-bond acceptors (Lipinski definition) is 4. The molecule has 1 saturated heterocycles. The zero-order valence-corrected chi connectivity index (χ0v) is 13.8. The van der Waals surface area contributed by atoms with Gasteiger partial charge in [-0.25, -0.2) is 0 Å². The van der Waals surface area contributed by atoms with E-state index in [-0.39, 0.29) is 5.91 Å². The van der Waals surface area contributed by atoms with Crippen LogP contribution in [0.25, 0.3) is 0 Å². The van der Waals surface area contributed by atoms with Gasteiger partial charge in [-0.2, -0.15) is 0 Å². The number of amides is 1. The van der Waals surface area contributed by atoms with E-state index in [1.165, 1.54) is 25.9 Å². The van der Waals surface area contributed by atoms with Crippen LogP contribution >= 0.6 is 0 Å². The number of likely N-dealkylation sites (tertiary alicyclic amines) is 1. The summed E-state index contributed by atoms with van der Waals surface area (Å²) in [7, 11) is 0. The van der Waals surface area contributed by atoms with Gasteiger partial charge in [-0.05, 0) is 70.5 Å². The Morgan fingerprint density at radius 3 is 2.64 bits per heavy atom. The van der Waals surface area contributed by atoms with Crippen molar-refractivity contribution in [2.24, 2.45) is 5.73 Å². The highest BCUT2D eigenvalue weighted by Crippen LogP contribution is 2.22. The minimum absolute atomic E-state index is 0.199. The molecule has 2 rings (SSSR count). The average molecular weight is 305 g/mol. The molecule has 1 fully saturated rings. The third kappa shape index (κ3) is 4.71. The summed E-state index contributed by atoms with van der Waals surface area (Å²) in [5.74, 6) is 0.666. The predicted octanol–water partition coefficient (Wildman–Crippen LogP) is 2.15. The fourth-order valence-corrected chi connectivity index (χ4v) is 2.47. The van der Waals surface area contributed by atoms with Crippen molar-refractivity contribution >= 4 is 11.6 Å². The number of benzene rings is 1. The summed E-state index contributed by atoms with van der Waals surface area (Å²) in [4.78, 5) is 14.3. The summed E-state index contributed by atoms with van der Waals surface area (Å²) < 4.78 is 5.85. The molecule has 5 heteroatoms. The van der Waals surface area contributed by atoms with Gasteiger partial charge in [0.25, 0.3) is 0 Å². The van der Waals surface area contributed by atoms with E-state index < -0.39 is 5.54 Å². The van der Waals surface area contributed by atoms with Gasteiger partial charge in [-0.1, -0.05) is 0 Å². The molecule has 1 aromatic rings. The molecule has 0 saturated carbocycles. The molecule has 0 unspecified atom stereocenters. The van der Waals surface area contributed by atoms with Crippen molar-refractivity contribution < 1.29 is 9.53 Å². The molecule has 0 spiro atoms. The van der Waals surface area contributed by atoms with Gasteiger partial charge in [0, 0.05) is 12.2 Å². The van der Waals surface area contributed by atoms with E-state index in [0.29, 0.717) is 6.61 Å². The average Bonchev–Trinajstić information content (AvgIpc) is 2.93. The minimum Gasteiger partial charge on any atom is -0.492 e. The van der Waals surface area contributed by atoms with Gasteiger partial charge in [0.1, 0.15) is 12.4 Å². The number of nitrogens with one attached hydrogen (secondary N) is 1. The van der Waals surface area contributed by atoms with E-state index in [1.807, 2.05) is 25.1 Å². The number of anilines is 1. The Hall–Kier alpha value is -1.59. The van der Waals surface area contributed by atoms with Gasteiger partial charge >= 0.3 is 0 Å². The third-order valence-corrected chi connectivity index (χ3v) is 3.88. The molecular formula is C17H27N3O2. The van der Waals surface area contributed by atoms with Crippen LogP contribution in [0.2, 0.25) is 0 Å². The lowest BCUT2D eigenvalue weighted by atomic mass is 10.1. The summed E-state index contributed by atoms with van der Waals surface area (Å²) in [6.45, 7) is 9.39.